The molecule has 0 aliphatic rings. The molecule has 3 rings (SSSR count). The summed E-state index contributed by atoms with van der Waals surface area (Å²) in [6, 6.07) is 10.3. The number of halogens is 2. The van der Waals surface area contributed by atoms with Gasteiger partial charge in [-0.15, -0.1) is 5.10 Å². The van der Waals surface area contributed by atoms with E-state index in [2.05, 4.69) is 15.4 Å². The molecule has 0 aliphatic heterocycles. The number of aromatic nitrogens is 3. The van der Waals surface area contributed by atoms with Crippen LogP contribution in [-0.4, -0.2) is 20.7 Å². The normalized spacial score (nSPS) is 10.6. The third-order valence-corrected chi connectivity index (χ3v) is 3.17. The lowest BCUT2D eigenvalue weighted by molar-refractivity contribution is 0.101. The van der Waals surface area contributed by atoms with Crippen LogP contribution in [0.2, 0.25) is 0 Å². The van der Waals surface area contributed by atoms with Gasteiger partial charge in [0.2, 0.25) is 5.82 Å². The van der Waals surface area contributed by atoms with Crippen molar-refractivity contribution in [1.82, 2.24) is 14.8 Å². The van der Waals surface area contributed by atoms with Gasteiger partial charge in [-0.2, -0.15) is 0 Å². The maximum absolute atomic E-state index is 13.5. The molecular formula is C16H12F2N4O. The van der Waals surface area contributed by atoms with Gasteiger partial charge in [0.25, 0.3) is 5.91 Å². The van der Waals surface area contributed by atoms with E-state index in [1.165, 1.54) is 11.0 Å². The summed E-state index contributed by atoms with van der Waals surface area (Å²) in [6.45, 7) is 1.96. The maximum Gasteiger partial charge on any atom is 0.295 e. The van der Waals surface area contributed by atoms with Crippen molar-refractivity contribution in [2.45, 2.75) is 6.92 Å². The highest BCUT2D eigenvalue weighted by atomic mass is 19.1. The Hall–Kier alpha value is -3.09. The Balaban J connectivity index is 1.81. The zero-order valence-corrected chi connectivity index (χ0v) is 12.1. The first-order chi connectivity index (χ1) is 11.0. The van der Waals surface area contributed by atoms with Gasteiger partial charge in [-0.1, -0.05) is 17.7 Å². The fraction of sp³-hybridized carbons (Fsp3) is 0.0625. The summed E-state index contributed by atoms with van der Waals surface area (Å²) >= 11 is 0. The lowest BCUT2D eigenvalue weighted by atomic mass is 10.2. The van der Waals surface area contributed by atoms with E-state index in [0.29, 0.717) is 0 Å². The van der Waals surface area contributed by atoms with Crippen molar-refractivity contribution in [1.29, 1.82) is 0 Å². The Morgan fingerprint density at radius 1 is 1.13 bits per heavy atom. The van der Waals surface area contributed by atoms with Gasteiger partial charge in [0.1, 0.15) is 18.0 Å². The number of nitrogens with zero attached hydrogens (tertiary/aromatic N) is 3. The van der Waals surface area contributed by atoms with Crippen LogP contribution in [0.1, 0.15) is 16.2 Å². The summed E-state index contributed by atoms with van der Waals surface area (Å²) in [6.07, 6.45) is 1.38. The first-order valence-corrected chi connectivity index (χ1v) is 6.78. The first kappa shape index (κ1) is 14.8. The number of hydrogen-bond acceptors (Lipinski definition) is 3. The van der Waals surface area contributed by atoms with Crippen molar-refractivity contribution in [3.05, 3.63) is 71.8 Å². The van der Waals surface area contributed by atoms with Crippen molar-refractivity contribution in [2.75, 3.05) is 5.32 Å². The van der Waals surface area contributed by atoms with E-state index < -0.39 is 17.5 Å². The second kappa shape index (κ2) is 5.96. The van der Waals surface area contributed by atoms with Crippen molar-refractivity contribution < 1.29 is 13.6 Å². The van der Waals surface area contributed by atoms with E-state index in [1.54, 1.807) is 0 Å². The summed E-state index contributed by atoms with van der Waals surface area (Å²) in [5.74, 6) is -2.26. The molecule has 116 valence electrons. The fourth-order valence-electron chi connectivity index (χ4n) is 1.96. The molecule has 0 bridgehead atoms. The maximum atomic E-state index is 13.5. The molecule has 1 amide bonds. The number of rotatable bonds is 3. The zero-order valence-electron chi connectivity index (χ0n) is 12.1. The molecule has 0 spiro atoms. The predicted octanol–water partition coefficient (Wildman–Crippen LogP) is 3.11. The Bertz CT molecular complexity index is 859. The number of anilines is 1. The Labute approximate surface area is 130 Å². The monoisotopic (exact) mass is 314 g/mol. The Morgan fingerprint density at radius 2 is 1.87 bits per heavy atom. The molecule has 1 heterocycles. The highest BCUT2D eigenvalue weighted by Crippen LogP contribution is 2.16. The molecule has 5 nitrogen and oxygen atoms in total. The van der Waals surface area contributed by atoms with Crippen molar-refractivity contribution in [2.24, 2.45) is 0 Å². The van der Waals surface area contributed by atoms with E-state index in [9.17, 15) is 13.6 Å². The van der Waals surface area contributed by atoms with Gasteiger partial charge in [0.15, 0.2) is 0 Å². The van der Waals surface area contributed by atoms with Gasteiger partial charge in [0, 0.05) is 6.07 Å². The lowest BCUT2D eigenvalue weighted by Gasteiger charge is -2.04. The molecule has 2 aromatic carbocycles. The second-order valence-electron chi connectivity index (χ2n) is 4.93. The molecule has 0 radical (unpaired) electrons. The van der Waals surface area contributed by atoms with Crippen LogP contribution in [0.3, 0.4) is 0 Å². The third kappa shape index (κ3) is 3.23. The molecule has 0 atom stereocenters. The fourth-order valence-corrected chi connectivity index (χ4v) is 1.96. The second-order valence-corrected chi connectivity index (χ2v) is 4.93. The summed E-state index contributed by atoms with van der Waals surface area (Å²) in [5, 5.41) is 6.28. The topological polar surface area (TPSA) is 59.8 Å². The zero-order chi connectivity index (χ0) is 16.4. The molecule has 0 saturated heterocycles. The van der Waals surface area contributed by atoms with E-state index in [1.807, 2.05) is 31.2 Å². The predicted molar refractivity (Wildman–Crippen MR) is 80.4 cm³/mol. The van der Waals surface area contributed by atoms with E-state index >= 15 is 0 Å². The van der Waals surface area contributed by atoms with Crippen LogP contribution in [0.15, 0.2) is 48.8 Å². The molecule has 0 unspecified atom stereocenters. The summed E-state index contributed by atoms with van der Waals surface area (Å²) < 4.78 is 28.1. The highest BCUT2D eigenvalue weighted by Gasteiger charge is 2.15. The standard InChI is InChI=1S/C16H12F2N4O/c1-10-2-5-12(6-3-10)22-9-19-15(21-22)16(23)20-14-8-11(17)4-7-13(14)18/h2-9H,1H3,(H,20,23). The molecular weight excluding hydrogens is 302 g/mol. The van der Waals surface area contributed by atoms with Crippen LogP contribution in [0.4, 0.5) is 14.5 Å². The van der Waals surface area contributed by atoms with Crippen LogP contribution in [0, 0.1) is 18.6 Å². The van der Waals surface area contributed by atoms with Gasteiger partial charge in [0.05, 0.1) is 11.4 Å². The molecule has 23 heavy (non-hydrogen) atoms. The van der Waals surface area contributed by atoms with E-state index in [0.717, 1.165) is 29.4 Å². The van der Waals surface area contributed by atoms with Gasteiger partial charge in [-0.3, -0.25) is 4.79 Å². The van der Waals surface area contributed by atoms with Crippen LogP contribution >= 0.6 is 0 Å². The van der Waals surface area contributed by atoms with Crippen molar-refractivity contribution in [3.8, 4) is 5.69 Å². The average Bonchev–Trinajstić information content (AvgIpc) is 3.02. The molecule has 1 aromatic heterocycles. The molecule has 1 N–H and O–H groups in total. The SMILES string of the molecule is Cc1ccc(-n2cnc(C(=O)Nc3cc(F)ccc3F)n2)cc1. The number of carbonyl (C=O) groups is 1. The first-order valence-electron chi connectivity index (χ1n) is 6.78. The smallest absolute Gasteiger partial charge is 0.295 e. The minimum absolute atomic E-state index is 0.144. The summed E-state index contributed by atoms with van der Waals surface area (Å²) in [5.41, 5.74) is 1.56. The Kier molecular flexibility index (Phi) is 3.84. The highest BCUT2D eigenvalue weighted by molar-refractivity contribution is 6.01. The molecule has 3 aromatic rings. The van der Waals surface area contributed by atoms with Crippen LogP contribution in [0.25, 0.3) is 5.69 Å². The number of hydrogen-bond donors (Lipinski definition) is 1. The number of carbonyl (C=O) groups excluding carboxylic acids is 1. The summed E-state index contributed by atoms with van der Waals surface area (Å²) in [4.78, 5) is 15.9. The number of benzene rings is 2. The van der Waals surface area contributed by atoms with Gasteiger partial charge < -0.3 is 5.32 Å². The number of aryl methyl sites for hydroxylation is 1. The van der Waals surface area contributed by atoms with E-state index in [4.69, 9.17) is 0 Å². The number of amides is 1. The van der Waals surface area contributed by atoms with E-state index in [-0.39, 0.29) is 11.5 Å². The van der Waals surface area contributed by atoms with Crippen molar-refractivity contribution >= 4 is 11.6 Å². The average molecular weight is 314 g/mol. The molecule has 0 aliphatic carbocycles. The molecule has 0 saturated carbocycles. The molecule has 0 fully saturated rings. The van der Waals surface area contributed by atoms with Gasteiger partial charge >= 0.3 is 0 Å². The van der Waals surface area contributed by atoms with Gasteiger partial charge in [-0.05, 0) is 31.2 Å². The molecule has 7 heteroatoms. The van der Waals surface area contributed by atoms with Crippen LogP contribution in [-0.2, 0) is 0 Å². The Morgan fingerprint density at radius 3 is 2.61 bits per heavy atom. The quantitative estimate of drug-likeness (QED) is 0.808. The van der Waals surface area contributed by atoms with Crippen molar-refractivity contribution in [3.63, 3.8) is 0 Å². The van der Waals surface area contributed by atoms with Gasteiger partial charge in [-0.25, -0.2) is 18.4 Å². The minimum Gasteiger partial charge on any atom is -0.317 e. The summed E-state index contributed by atoms with van der Waals surface area (Å²) in [7, 11) is 0. The number of nitrogens with one attached hydrogen (secondary N) is 1. The largest absolute Gasteiger partial charge is 0.317 e. The van der Waals surface area contributed by atoms with Crippen LogP contribution in [0.5, 0.6) is 0 Å². The lowest BCUT2D eigenvalue weighted by Crippen LogP contribution is -2.15. The van der Waals surface area contributed by atoms with Crippen LogP contribution < -0.4 is 5.32 Å². The third-order valence-electron chi connectivity index (χ3n) is 3.17. The minimum atomic E-state index is -0.738.